The number of halogens is 3. The van der Waals surface area contributed by atoms with Crippen molar-refractivity contribution >= 4 is 11.8 Å². The maximum Gasteiger partial charge on any atom is 0.417 e. The fourth-order valence-electron chi connectivity index (χ4n) is 7.96. The Hall–Kier alpha value is -2.38. The predicted molar refractivity (Wildman–Crippen MR) is 125 cm³/mol. The van der Waals surface area contributed by atoms with E-state index in [4.69, 9.17) is 0 Å². The molecule has 190 valence electrons. The number of hydrogen-bond donors (Lipinski definition) is 2. The van der Waals surface area contributed by atoms with Crippen LogP contribution < -0.4 is 10.6 Å². The Morgan fingerprint density at radius 2 is 1.94 bits per heavy atom. The molecule has 7 atom stereocenters. The van der Waals surface area contributed by atoms with Crippen LogP contribution in [0.2, 0.25) is 0 Å². The van der Waals surface area contributed by atoms with Crippen LogP contribution in [-0.2, 0) is 22.3 Å². The van der Waals surface area contributed by atoms with Gasteiger partial charge in [-0.1, -0.05) is 19.9 Å². The van der Waals surface area contributed by atoms with Gasteiger partial charge < -0.3 is 10.6 Å². The number of carbonyl (C=O) groups is 2. The normalized spacial score (nSPS) is 38.2. The maximum atomic E-state index is 12.8. The van der Waals surface area contributed by atoms with Gasteiger partial charge in [-0.2, -0.15) is 13.2 Å². The Kier molecular flexibility index (Phi) is 5.99. The average Bonchev–Trinajstić information content (AvgIpc) is 3.14. The number of pyridine rings is 1. The van der Waals surface area contributed by atoms with Crippen molar-refractivity contribution in [2.75, 3.05) is 0 Å². The average molecular weight is 490 g/mol. The Labute approximate surface area is 204 Å². The summed E-state index contributed by atoms with van der Waals surface area (Å²) >= 11 is 0. The number of aromatic nitrogens is 1. The van der Waals surface area contributed by atoms with Gasteiger partial charge in [0.05, 0.1) is 17.8 Å². The van der Waals surface area contributed by atoms with Crippen molar-refractivity contribution in [3.63, 3.8) is 0 Å². The highest BCUT2D eigenvalue weighted by Gasteiger charge is 2.59. The van der Waals surface area contributed by atoms with Crippen molar-refractivity contribution in [3.8, 4) is 0 Å². The van der Waals surface area contributed by atoms with Crippen LogP contribution in [0.4, 0.5) is 13.2 Å². The third kappa shape index (κ3) is 4.27. The lowest BCUT2D eigenvalue weighted by molar-refractivity contribution is -0.138. The van der Waals surface area contributed by atoms with Crippen molar-refractivity contribution in [2.45, 2.75) is 77.6 Å². The van der Waals surface area contributed by atoms with Gasteiger partial charge in [0.15, 0.2) is 0 Å². The fraction of sp³-hybridized carbons (Fsp3) is 0.667. The molecule has 0 unspecified atom stereocenters. The second-order valence-electron chi connectivity index (χ2n) is 11.6. The number of fused-ring (bicyclic) bond motifs is 5. The van der Waals surface area contributed by atoms with E-state index in [0.717, 1.165) is 50.8 Å². The van der Waals surface area contributed by atoms with Gasteiger partial charge in [0.2, 0.25) is 11.8 Å². The Balaban J connectivity index is 1.21. The quantitative estimate of drug-likeness (QED) is 0.624. The maximum absolute atomic E-state index is 12.8. The molecule has 0 bridgehead atoms. The van der Waals surface area contributed by atoms with E-state index in [1.807, 2.05) is 0 Å². The molecule has 2 amide bonds. The van der Waals surface area contributed by atoms with Crippen molar-refractivity contribution < 1.29 is 22.8 Å². The summed E-state index contributed by atoms with van der Waals surface area (Å²) in [5.74, 6) is 2.01. The van der Waals surface area contributed by atoms with Gasteiger partial charge in [0.25, 0.3) is 0 Å². The number of rotatable bonds is 4. The summed E-state index contributed by atoms with van der Waals surface area (Å²) in [6.07, 6.45) is 7.19. The fourth-order valence-corrected chi connectivity index (χ4v) is 7.96. The molecule has 2 N–H and O–H groups in total. The lowest BCUT2D eigenvalue weighted by Gasteiger charge is -2.59. The molecule has 3 aliphatic carbocycles. The van der Waals surface area contributed by atoms with Crippen LogP contribution in [0.5, 0.6) is 0 Å². The summed E-state index contributed by atoms with van der Waals surface area (Å²) in [6, 6.07) is 2.53. The van der Waals surface area contributed by atoms with Gasteiger partial charge in [-0.15, -0.1) is 0 Å². The number of nitrogens with zero attached hydrogens (tertiary/aromatic N) is 1. The lowest BCUT2D eigenvalue weighted by atomic mass is 9.48. The Bertz CT molecular complexity index is 1020. The molecule has 5 nitrogen and oxygen atoms in total. The van der Waals surface area contributed by atoms with Crippen LogP contribution in [0.25, 0.3) is 0 Å². The Morgan fingerprint density at radius 1 is 1.14 bits per heavy atom. The first-order chi connectivity index (χ1) is 16.5. The minimum atomic E-state index is -4.42. The largest absolute Gasteiger partial charge is 0.417 e. The molecule has 0 radical (unpaired) electrons. The van der Waals surface area contributed by atoms with E-state index in [1.165, 1.54) is 6.07 Å². The van der Waals surface area contributed by atoms with Crippen LogP contribution in [0.15, 0.2) is 30.5 Å². The molecule has 1 aromatic heterocycles. The van der Waals surface area contributed by atoms with Crippen molar-refractivity contribution in [1.29, 1.82) is 0 Å². The number of hydrogen-bond acceptors (Lipinski definition) is 3. The van der Waals surface area contributed by atoms with Gasteiger partial charge in [-0.3, -0.25) is 14.6 Å². The molecule has 8 heteroatoms. The molecule has 3 fully saturated rings. The van der Waals surface area contributed by atoms with Crippen molar-refractivity contribution in [2.24, 2.45) is 34.5 Å². The van der Waals surface area contributed by atoms with E-state index in [1.54, 1.807) is 6.08 Å². The second-order valence-corrected chi connectivity index (χ2v) is 11.6. The highest BCUT2D eigenvalue weighted by Crippen LogP contribution is 2.65. The molecule has 2 heterocycles. The van der Waals surface area contributed by atoms with Crippen molar-refractivity contribution in [1.82, 2.24) is 15.6 Å². The second kappa shape index (κ2) is 8.63. The molecule has 1 aliphatic heterocycles. The van der Waals surface area contributed by atoms with Crippen molar-refractivity contribution in [3.05, 3.63) is 41.7 Å². The minimum Gasteiger partial charge on any atom is -0.350 e. The SMILES string of the molecule is C[C@]12C=CC(=O)N[C@@H]1CC[C@@H]1[C@@H]2CC[C@]2(C)[C@@H](CC(=O)NCc3ccc(C(F)(F)F)cn3)CC[C@@H]12. The van der Waals surface area contributed by atoms with E-state index in [9.17, 15) is 22.8 Å². The molecule has 35 heavy (non-hydrogen) atoms. The molecule has 5 rings (SSSR count). The summed E-state index contributed by atoms with van der Waals surface area (Å²) in [4.78, 5) is 28.6. The van der Waals surface area contributed by atoms with Gasteiger partial charge in [-0.25, -0.2) is 0 Å². The molecule has 0 spiro atoms. The topological polar surface area (TPSA) is 71.1 Å². The highest BCUT2D eigenvalue weighted by molar-refractivity contribution is 5.89. The van der Waals surface area contributed by atoms with Crippen LogP contribution >= 0.6 is 0 Å². The first kappa shape index (κ1) is 24.3. The Morgan fingerprint density at radius 3 is 2.66 bits per heavy atom. The summed E-state index contributed by atoms with van der Waals surface area (Å²) in [5, 5.41) is 6.06. The van der Waals surface area contributed by atoms with Gasteiger partial charge in [-0.05, 0) is 85.8 Å². The minimum absolute atomic E-state index is 0.00226. The molecule has 0 aromatic carbocycles. The first-order valence-corrected chi connectivity index (χ1v) is 12.8. The molecule has 0 saturated heterocycles. The lowest BCUT2D eigenvalue weighted by Crippen LogP contribution is -2.59. The monoisotopic (exact) mass is 489 g/mol. The molecular weight excluding hydrogens is 455 g/mol. The zero-order valence-electron chi connectivity index (χ0n) is 20.3. The van der Waals surface area contributed by atoms with Crippen LogP contribution in [0, 0.1) is 34.5 Å². The van der Waals surface area contributed by atoms with E-state index in [2.05, 4.69) is 35.5 Å². The van der Waals surface area contributed by atoms with E-state index >= 15 is 0 Å². The van der Waals surface area contributed by atoms with E-state index in [-0.39, 0.29) is 35.2 Å². The van der Waals surface area contributed by atoms with Gasteiger partial charge >= 0.3 is 6.18 Å². The zero-order valence-corrected chi connectivity index (χ0v) is 20.3. The summed E-state index contributed by atoms with van der Waals surface area (Å²) in [5.41, 5.74) is -0.250. The number of carbonyl (C=O) groups excluding carboxylic acids is 2. The van der Waals surface area contributed by atoms with Crippen LogP contribution in [0.1, 0.15) is 70.1 Å². The summed E-state index contributed by atoms with van der Waals surface area (Å²) in [6.45, 7) is 4.80. The third-order valence-corrected chi connectivity index (χ3v) is 9.93. The predicted octanol–water partition coefficient (Wildman–Crippen LogP) is 5.02. The van der Waals surface area contributed by atoms with Crippen LogP contribution in [0.3, 0.4) is 0 Å². The molecule has 3 saturated carbocycles. The number of nitrogens with one attached hydrogen (secondary N) is 2. The van der Waals surface area contributed by atoms with E-state index < -0.39 is 11.7 Å². The van der Waals surface area contributed by atoms with E-state index in [0.29, 0.717) is 35.8 Å². The molecule has 4 aliphatic rings. The standard InChI is InChI=1S/C27H34F3N3O2/c1-25-11-9-21-19(6-8-22-26(21,2)12-10-23(34)33-22)20(25)7-4-16(25)13-24(35)32-15-18-5-3-17(14-31-18)27(28,29)30/h3,5,10,12,14,16,19-22H,4,6-9,11,13,15H2,1-2H3,(H,32,35)(H,33,34)/t16-,19+,20+,21+,22-,25-,26-/m1/s1. The number of alkyl halides is 3. The first-order valence-electron chi connectivity index (χ1n) is 12.8. The third-order valence-electron chi connectivity index (χ3n) is 9.93. The summed E-state index contributed by atoms with van der Waals surface area (Å²) < 4.78 is 38.2. The highest BCUT2D eigenvalue weighted by atomic mass is 19.4. The zero-order chi connectivity index (χ0) is 25.0. The summed E-state index contributed by atoms with van der Waals surface area (Å²) in [7, 11) is 0. The van der Waals surface area contributed by atoms with Gasteiger partial charge in [0.1, 0.15) is 0 Å². The smallest absolute Gasteiger partial charge is 0.350 e. The van der Waals surface area contributed by atoms with Gasteiger partial charge in [0, 0.05) is 24.1 Å². The number of amides is 2. The molecule has 1 aromatic rings. The van der Waals surface area contributed by atoms with Crippen LogP contribution in [-0.4, -0.2) is 22.8 Å². The molecular formula is C27H34F3N3O2.